The summed E-state index contributed by atoms with van der Waals surface area (Å²) < 4.78 is 7.07. The van der Waals surface area contributed by atoms with Crippen LogP contribution >= 0.6 is 0 Å². The van der Waals surface area contributed by atoms with E-state index in [1.54, 1.807) is 14.0 Å². The first kappa shape index (κ1) is 16.5. The first-order valence-corrected chi connectivity index (χ1v) is 8.18. The largest absolute Gasteiger partial charge is 0.497 e. The predicted octanol–water partition coefficient (Wildman–Crippen LogP) is 1.83. The van der Waals surface area contributed by atoms with Gasteiger partial charge in [0.25, 0.3) is 0 Å². The van der Waals surface area contributed by atoms with Gasteiger partial charge in [-0.3, -0.25) is 14.4 Å². The number of hydrogen-bond acceptors (Lipinski definition) is 4. The maximum atomic E-state index is 11.8. The van der Waals surface area contributed by atoms with E-state index in [2.05, 4.69) is 22.1 Å². The molecule has 1 unspecified atom stereocenters. The summed E-state index contributed by atoms with van der Waals surface area (Å²) in [6.45, 7) is 4.80. The number of aryl methyl sites for hydroxylation is 1. The average Bonchev–Trinajstić information content (AvgIpc) is 3.00. The molecule has 128 valence electrons. The van der Waals surface area contributed by atoms with Gasteiger partial charge in [-0.05, 0) is 17.7 Å². The van der Waals surface area contributed by atoms with Gasteiger partial charge < -0.3 is 9.64 Å². The van der Waals surface area contributed by atoms with Gasteiger partial charge in [0.1, 0.15) is 5.75 Å². The van der Waals surface area contributed by atoms with Crippen LogP contribution < -0.4 is 4.74 Å². The molecule has 0 bridgehead atoms. The molecule has 2 aromatic rings. The van der Waals surface area contributed by atoms with Crippen LogP contribution in [0.25, 0.3) is 0 Å². The molecule has 1 fully saturated rings. The van der Waals surface area contributed by atoms with Gasteiger partial charge in [-0.2, -0.15) is 5.10 Å². The summed E-state index contributed by atoms with van der Waals surface area (Å²) in [6, 6.07) is 8.30. The van der Waals surface area contributed by atoms with Crippen molar-refractivity contribution in [3.05, 3.63) is 47.8 Å². The lowest BCUT2D eigenvalue weighted by atomic mass is 10.0. The normalized spacial score (nSPS) is 18.6. The minimum Gasteiger partial charge on any atom is -0.497 e. The van der Waals surface area contributed by atoms with E-state index in [-0.39, 0.29) is 11.9 Å². The van der Waals surface area contributed by atoms with Gasteiger partial charge in [-0.1, -0.05) is 12.1 Å². The van der Waals surface area contributed by atoms with Crippen LogP contribution in [0.15, 0.2) is 36.7 Å². The molecule has 1 atom stereocenters. The molecule has 1 amide bonds. The van der Waals surface area contributed by atoms with Crippen LogP contribution in [-0.4, -0.2) is 52.2 Å². The van der Waals surface area contributed by atoms with Gasteiger partial charge >= 0.3 is 0 Å². The van der Waals surface area contributed by atoms with E-state index in [4.69, 9.17) is 4.74 Å². The van der Waals surface area contributed by atoms with Crippen LogP contribution in [0, 0.1) is 0 Å². The Labute approximate surface area is 142 Å². The van der Waals surface area contributed by atoms with Crippen molar-refractivity contribution in [2.45, 2.75) is 19.5 Å². The van der Waals surface area contributed by atoms with E-state index in [9.17, 15) is 4.79 Å². The van der Waals surface area contributed by atoms with Crippen molar-refractivity contribution in [2.24, 2.45) is 7.05 Å². The molecule has 1 aromatic heterocycles. The van der Waals surface area contributed by atoms with Crippen molar-refractivity contribution in [1.82, 2.24) is 19.6 Å². The Morgan fingerprint density at radius 1 is 1.29 bits per heavy atom. The van der Waals surface area contributed by atoms with E-state index in [0.29, 0.717) is 6.54 Å². The van der Waals surface area contributed by atoms with Crippen molar-refractivity contribution >= 4 is 5.91 Å². The molecule has 0 spiro atoms. The summed E-state index contributed by atoms with van der Waals surface area (Å²) >= 11 is 0. The molecule has 2 heterocycles. The highest BCUT2D eigenvalue weighted by atomic mass is 16.5. The van der Waals surface area contributed by atoms with Gasteiger partial charge in [0, 0.05) is 51.9 Å². The van der Waals surface area contributed by atoms with Gasteiger partial charge in [-0.15, -0.1) is 0 Å². The third kappa shape index (κ3) is 3.59. The fourth-order valence-corrected chi connectivity index (χ4v) is 3.23. The van der Waals surface area contributed by atoms with Crippen LogP contribution in [0.1, 0.15) is 24.1 Å². The Morgan fingerprint density at radius 2 is 2.04 bits per heavy atom. The quantitative estimate of drug-likeness (QED) is 0.859. The number of nitrogens with zero attached hydrogens (tertiary/aromatic N) is 4. The highest BCUT2D eigenvalue weighted by Gasteiger charge is 2.29. The molecule has 0 saturated carbocycles. The lowest BCUT2D eigenvalue weighted by molar-refractivity contribution is -0.132. The van der Waals surface area contributed by atoms with Crippen LogP contribution in [-0.2, 0) is 18.4 Å². The number of aromatic nitrogens is 2. The number of rotatable bonds is 4. The monoisotopic (exact) mass is 328 g/mol. The Bertz CT molecular complexity index is 695. The van der Waals surface area contributed by atoms with Crippen LogP contribution in [0.3, 0.4) is 0 Å². The highest BCUT2D eigenvalue weighted by molar-refractivity contribution is 5.73. The number of carbonyl (C=O) groups is 1. The van der Waals surface area contributed by atoms with E-state index >= 15 is 0 Å². The standard InChI is InChI=1S/C18H24N4O2/c1-14(23)21-8-9-22(12-15-10-19-20(2)11-15)18(13-21)16-4-6-17(24-3)7-5-16/h4-7,10-11,18H,8-9,12-13H2,1-3H3. The predicted molar refractivity (Wildman–Crippen MR) is 91.6 cm³/mol. The van der Waals surface area contributed by atoms with Crippen molar-refractivity contribution in [3.63, 3.8) is 0 Å². The Kier molecular flexibility index (Phi) is 4.85. The van der Waals surface area contributed by atoms with Gasteiger partial charge in [0.2, 0.25) is 5.91 Å². The number of benzene rings is 1. The van der Waals surface area contributed by atoms with Crippen LogP contribution in [0.5, 0.6) is 5.75 Å². The van der Waals surface area contributed by atoms with Gasteiger partial charge in [0.05, 0.1) is 19.3 Å². The number of hydrogen-bond donors (Lipinski definition) is 0. The maximum absolute atomic E-state index is 11.8. The van der Waals surface area contributed by atoms with Crippen LogP contribution in [0.2, 0.25) is 0 Å². The second-order valence-corrected chi connectivity index (χ2v) is 6.25. The molecule has 3 rings (SSSR count). The van der Waals surface area contributed by atoms with Crippen molar-refractivity contribution < 1.29 is 9.53 Å². The van der Waals surface area contributed by atoms with Crippen molar-refractivity contribution in [1.29, 1.82) is 0 Å². The Morgan fingerprint density at radius 3 is 2.62 bits per heavy atom. The second-order valence-electron chi connectivity index (χ2n) is 6.25. The fourth-order valence-electron chi connectivity index (χ4n) is 3.23. The smallest absolute Gasteiger partial charge is 0.219 e. The molecule has 6 nitrogen and oxygen atoms in total. The third-order valence-electron chi connectivity index (χ3n) is 4.58. The summed E-state index contributed by atoms with van der Waals surface area (Å²) in [5, 5.41) is 4.25. The Balaban J connectivity index is 1.83. The van der Waals surface area contributed by atoms with Gasteiger partial charge in [0.15, 0.2) is 0 Å². The summed E-state index contributed by atoms with van der Waals surface area (Å²) in [5.74, 6) is 0.978. The van der Waals surface area contributed by atoms with Crippen molar-refractivity contribution in [2.75, 3.05) is 26.7 Å². The van der Waals surface area contributed by atoms with Gasteiger partial charge in [-0.25, -0.2) is 0 Å². The molecule has 1 aliphatic rings. The number of ether oxygens (including phenoxy) is 1. The summed E-state index contributed by atoms with van der Waals surface area (Å²) in [7, 11) is 3.60. The van der Waals surface area contributed by atoms with E-state index < -0.39 is 0 Å². The summed E-state index contributed by atoms with van der Waals surface area (Å²) in [4.78, 5) is 16.2. The molecule has 0 aliphatic carbocycles. The first-order valence-electron chi connectivity index (χ1n) is 8.18. The van der Waals surface area contributed by atoms with Crippen LogP contribution in [0.4, 0.5) is 0 Å². The SMILES string of the molecule is COc1ccc(C2CN(C(C)=O)CCN2Cc2cnn(C)c2)cc1. The minimum absolute atomic E-state index is 0.134. The molecule has 1 saturated heterocycles. The second kappa shape index (κ2) is 7.05. The molecule has 0 radical (unpaired) electrons. The number of amides is 1. The topological polar surface area (TPSA) is 50.6 Å². The number of methoxy groups -OCH3 is 1. The summed E-state index contributed by atoms with van der Waals surface area (Å²) in [6.07, 6.45) is 3.95. The molecular formula is C18H24N4O2. The van der Waals surface area contributed by atoms with E-state index in [1.807, 2.05) is 41.2 Å². The maximum Gasteiger partial charge on any atom is 0.219 e. The third-order valence-corrected chi connectivity index (χ3v) is 4.58. The summed E-state index contributed by atoms with van der Waals surface area (Å²) in [5.41, 5.74) is 2.39. The fraction of sp³-hybridized carbons (Fsp3) is 0.444. The molecule has 6 heteroatoms. The highest BCUT2D eigenvalue weighted by Crippen LogP contribution is 2.28. The Hall–Kier alpha value is -2.34. The zero-order valence-corrected chi connectivity index (χ0v) is 14.5. The van der Waals surface area contributed by atoms with Crippen molar-refractivity contribution in [3.8, 4) is 5.75 Å². The first-order chi connectivity index (χ1) is 11.6. The zero-order chi connectivity index (χ0) is 17.1. The average molecular weight is 328 g/mol. The number of piperazine rings is 1. The molecule has 0 N–H and O–H groups in total. The molecular weight excluding hydrogens is 304 g/mol. The lowest BCUT2D eigenvalue weighted by Crippen LogP contribution is -2.49. The zero-order valence-electron chi connectivity index (χ0n) is 14.5. The molecule has 1 aliphatic heterocycles. The minimum atomic E-state index is 0.134. The number of carbonyl (C=O) groups excluding carboxylic acids is 1. The molecule has 24 heavy (non-hydrogen) atoms. The van der Waals surface area contributed by atoms with E-state index in [1.165, 1.54) is 11.1 Å². The lowest BCUT2D eigenvalue weighted by Gasteiger charge is -2.41. The van der Waals surface area contributed by atoms with E-state index in [0.717, 1.165) is 25.4 Å². The molecule has 1 aromatic carbocycles.